The van der Waals surface area contributed by atoms with Gasteiger partial charge in [0, 0.05) is 37.5 Å². The van der Waals surface area contributed by atoms with Gasteiger partial charge in [0.1, 0.15) is 0 Å². The molecule has 19 heavy (non-hydrogen) atoms. The molecule has 0 saturated heterocycles. The number of nitrogen functional groups attached to an aromatic ring is 1. The van der Waals surface area contributed by atoms with Gasteiger partial charge in [0.25, 0.3) is 5.91 Å². The van der Waals surface area contributed by atoms with Crippen LogP contribution in [0.15, 0.2) is 38.6 Å². The van der Waals surface area contributed by atoms with Gasteiger partial charge in [-0.2, -0.15) is 0 Å². The minimum Gasteiger partial charge on any atom is -0.398 e. The lowest BCUT2D eigenvalue weighted by Crippen LogP contribution is -2.25. The molecule has 0 spiro atoms. The molecule has 6 heteroatoms. The number of benzene rings is 1. The van der Waals surface area contributed by atoms with Gasteiger partial charge >= 0.3 is 0 Å². The van der Waals surface area contributed by atoms with Gasteiger partial charge in [-0.05, 0) is 56.1 Å². The van der Waals surface area contributed by atoms with Crippen LogP contribution < -0.4 is 5.73 Å². The first-order valence-corrected chi connectivity index (χ1v) is 7.97. The molecule has 0 radical (unpaired) electrons. The first-order valence-electron chi connectivity index (χ1n) is 5.51. The molecular weight excluding hydrogens is 392 g/mol. The third-order valence-electron chi connectivity index (χ3n) is 2.60. The van der Waals surface area contributed by atoms with Crippen LogP contribution in [-0.2, 0) is 6.54 Å². The van der Waals surface area contributed by atoms with Crippen LogP contribution >= 0.6 is 43.2 Å². The van der Waals surface area contributed by atoms with Crippen molar-refractivity contribution in [2.24, 2.45) is 0 Å². The highest BCUT2D eigenvalue weighted by Crippen LogP contribution is 2.23. The normalized spacial score (nSPS) is 10.5. The maximum absolute atomic E-state index is 12.3. The predicted octanol–water partition coefficient (Wildman–Crippen LogP) is 4.13. The van der Waals surface area contributed by atoms with Crippen molar-refractivity contribution in [2.75, 3.05) is 12.8 Å². The van der Waals surface area contributed by atoms with Crippen molar-refractivity contribution >= 4 is 54.8 Å². The zero-order valence-electron chi connectivity index (χ0n) is 10.2. The van der Waals surface area contributed by atoms with Crippen molar-refractivity contribution in [1.82, 2.24) is 4.90 Å². The Bertz CT molecular complexity index is 612. The van der Waals surface area contributed by atoms with E-state index in [1.54, 1.807) is 41.5 Å². The maximum Gasteiger partial charge on any atom is 0.253 e. The van der Waals surface area contributed by atoms with Crippen LogP contribution in [0.5, 0.6) is 0 Å². The monoisotopic (exact) mass is 402 g/mol. The van der Waals surface area contributed by atoms with Crippen LogP contribution in [0, 0.1) is 0 Å². The van der Waals surface area contributed by atoms with E-state index < -0.39 is 0 Å². The standard InChI is InChI=1S/C13H12Br2N2OS/c1-17(6-10-5-9(14)7-19-10)13(18)8-2-3-11(15)12(16)4-8/h2-5,7H,6,16H2,1H3. The molecule has 0 aliphatic rings. The minimum atomic E-state index is -0.0382. The molecule has 0 bridgehead atoms. The van der Waals surface area contributed by atoms with Crippen LogP contribution in [0.4, 0.5) is 5.69 Å². The summed E-state index contributed by atoms with van der Waals surface area (Å²) >= 11 is 8.35. The maximum atomic E-state index is 12.3. The van der Waals surface area contributed by atoms with Crippen molar-refractivity contribution in [1.29, 1.82) is 0 Å². The van der Waals surface area contributed by atoms with E-state index in [4.69, 9.17) is 5.73 Å². The Morgan fingerprint density at radius 3 is 2.68 bits per heavy atom. The van der Waals surface area contributed by atoms with E-state index >= 15 is 0 Å². The summed E-state index contributed by atoms with van der Waals surface area (Å²) in [6.07, 6.45) is 0. The van der Waals surface area contributed by atoms with Crippen LogP contribution in [0.25, 0.3) is 0 Å². The fourth-order valence-electron chi connectivity index (χ4n) is 1.64. The van der Waals surface area contributed by atoms with E-state index in [0.717, 1.165) is 13.8 Å². The average Bonchev–Trinajstić information content (AvgIpc) is 2.77. The van der Waals surface area contributed by atoms with Crippen LogP contribution in [0.2, 0.25) is 0 Å². The summed E-state index contributed by atoms with van der Waals surface area (Å²) in [6.45, 7) is 0.588. The zero-order chi connectivity index (χ0) is 14.0. The lowest BCUT2D eigenvalue weighted by molar-refractivity contribution is 0.0786. The fourth-order valence-corrected chi connectivity index (χ4v) is 3.39. The summed E-state index contributed by atoms with van der Waals surface area (Å²) in [5.41, 5.74) is 6.96. The van der Waals surface area contributed by atoms with Crippen molar-refractivity contribution < 1.29 is 4.79 Å². The van der Waals surface area contributed by atoms with E-state index in [-0.39, 0.29) is 5.91 Å². The van der Waals surface area contributed by atoms with Crippen molar-refractivity contribution in [3.63, 3.8) is 0 Å². The lowest BCUT2D eigenvalue weighted by Gasteiger charge is -2.16. The summed E-state index contributed by atoms with van der Waals surface area (Å²) in [5, 5.41) is 2.01. The molecule has 3 nitrogen and oxygen atoms in total. The molecule has 0 saturated carbocycles. The van der Waals surface area contributed by atoms with Crippen molar-refractivity contribution in [3.05, 3.63) is 49.0 Å². The van der Waals surface area contributed by atoms with Crippen LogP contribution in [0.3, 0.4) is 0 Å². The molecule has 1 aromatic carbocycles. The van der Waals surface area contributed by atoms with Crippen molar-refractivity contribution in [2.45, 2.75) is 6.54 Å². The van der Waals surface area contributed by atoms with E-state index in [2.05, 4.69) is 31.9 Å². The molecule has 1 amide bonds. The average molecular weight is 404 g/mol. The Morgan fingerprint density at radius 1 is 1.37 bits per heavy atom. The molecule has 2 N–H and O–H groups in total. The largest absolute Gasteiger partial charge is 0.398 e. The first kappa shape index (κ1) is 14.6. The zero-order valence-corrected chi connectivity index (χ0v) is 14.2. The topological polar surface area (TPSA) is 46.3 Å². The number of nitrogens with two attached hydrogens (primary N) is 1. The molecule has 0 aliphatic heterocycles. The van der Waals surface area contributed by atoms with Gasteiger partial charge in [-0.1, -0.05) is 0 Å². The van der Waals surface area contributed by atoms with Crippen molar-refractivity contribution in [3.8, 4) is 0 Å². The summed E-state index contributed by atoms with van der Waals surface area (Å²) in [5.74, 6) is -0.0382. The SMILES string of the molecule is CN(Cc1cc(Br)cs1)C(=O)c1ccc(Br)c(N)c1. The number of carbonyl (C=O) groups is 1. The Labute approximate surface area is 132 Å². The Kier molecular flexibility index (Phi) is 4.65. The van der Waals surface area contributed by atoms with Crippen LogP contribution in [-0.4, -0.2) is 17.9 Å². The van der Waals surface area contributed by atoms with E-state index in [9.17, 15) is 4.79 Å². The highest BCUT2D eigenvalue weighted by atomic mass is 79.9. The van der Waals surface area contributed by atoms with Gasteiger partial charge in [0.15, 0.2) is 0 Å². The number of anilines is 1. The lowest BCUT2D eigenvalue weighted by atomic mass is 10.2. The second kappa shape index (κ2) is 6.07. The third-order valence-corrected chi connectivity index (χ3v) is 5.01. The van der Waals surface area contributed by atoms with Gasteiger partial charge in [0.2, 0.25) is 0 Å². The molecule has 0 aliphatic carbocycles. The number of rotatable bonds is 3. The molecule has 1 heterocycles. The van der Waals surface area contributed by atoms with E-state index in [1.807, 2.05) is 11.4 Å². The second-order valence-electron chi connectivity index (χ2n) is 4.13. The molecular formula is C13H12Br2N2OS. The Balaban J connectivity index is 2.12. The highest BCUT2D eigenvalue weighted by Gasteiger charge is 2.13. The van der Waals surface area contributed by atoms with Gasteiger partial charge in [-0.25, -0.2) is 0 Å². The van der Waals surface area contributed by atoms with Gasteiger partial charge in [0.05, 0.1) is 6.54 Å². The Morgan fingerprint density at radius 2 is 2.11 bits per heavy atom. The van der Waals surface area contributed by atoms with Gasteiger partial charge in [-0.15, -0.1) is 11.3 Å². The predicted molar refractivity (Wildman–Crippen MR) is 86.4 cm³/mol. The number of carbonyl (C=O) groups excluding carboxylic acids is 1. The summed E-state index contributed by atoms with van der Waals surface area (Å²) in [4.78, 5) is 15.1. The molecule has 0 fully saturated rings. The quantitative estimate of drug-likeness (QED) is 0.783. The summed E-state index contributed by atoms with van der Waals surface area (Å²) < 4.78 is 1.84. The number of hydrogen-bond acceptors (Lipinski definition) is 3. The summed E-state index contributed by atoms with van der Waals surface area (Å²) in [6, 6.07) is 7.26. The molecule has 1 aromatic heterocycles. The highest BCUT2D eigenvalue weighted by molar-refractivity contribution is 9.10. The van der Waals surface area contributed by atoms with Crippen LogP contribution in [0.1, 0.15) is 15.2 Å². The molecule has 2 aromatic rings. The fraction of sp³-hybridized carbons (Fsp3) is 0.154. The first-order chi connectivity index (χ1) is 8.97. The number of thiophene rings is 1. The van der Waals surface area contributed by atoms with Gasteiger partial charge in [-0.3, -0.25) is 4.79 Å². The molecule has 100 valence electrons. The molecule has 0 atom stereocenters. The smallest absolute Gasteiger partial charge is 0.253 e. The van der Waals surface area contributed by atoms with E-state index in [0.29, 0.717) is 17.8 Å². The second-order valence-corrected chi connectivity index (χ2v) is 6.89. The van der Waals surface area contributed by atoms with E-state index in [1.165, 1.54) is 0 Å². The number of halogens is 2. The molecule has 2 rings (SSSR count). The van der Waals surface area contributed by atoms with Gasteiger partial charge < -0.3 is 10.6 Å². The summed E-state index contributed by atoms with van der Waals surface area (Å²) in [7, 11) is 1.79. The number of nitrogens with zero attached hydrogens (tertiary/aromatic N) is 1. The third kappa shape index (κ3) is 3.58. The minimum absolute atomic E-state index is 0.0382. The Hall–Kier alpha value is -0.850. The molecule has 0 unspecified atom stereocenters. The number of hydrogen-bond donors (Lipinski definition) is 1. The number of amides is 1.